The highest BCUT2D eigenvalue weighted by molar-refractivity contribution is 5.87. The molecule has 0 radical (unpaired) electrons. The van der Waals surface area contributed by atoms with Crippen molar-refractivity contribution in [2.45, 2.75) is 64.8 Å². The Kier molecular flexibility index (Phi) is 7.75. The van der Waals surface area contributed by atoms with Crippen LogP contribution in [0.3, 0.4) is 0 Å². The molecule has 9 nitrogen and oxygen atoms in total. The lowest BCUT2D eigenvalue weighted by molar-refractivity contribution is -0.155. The molecule has 0 saturated carbocycles. The number of aromatic nitrogens is 5. The maximum absolute atomic E-state index is 12.8. The van der Waals surface area contributed by atoms with E-state index in [1.165, 1.54) is 10.9 Å². The predicted molar refractivity (Wildman–Crippen MR) is 168 cm³/mol. The molecular formula is C34H39N7O2. The number of ether oxygens (including phenoxy) is 1. The molecule has 0 aliphatic carbocycles. The third kappa shape index (κ3) is 6.17. The zero-order valence-electron chi connectivity index (χ0n) is 25.3. The van der Waals surface area contributed by atoms with Crippen molar-refractivity contribution in [2.75, 3.05) is 18.4 Å². The number of piperidine rings is 1. The Labute approximate surface area is 252 Å². The summed E-state index contributed by atoms with van der Waals surface area (Å²) in [4.78, 5) is 24.4. The second kappa shape index (κ2) is 11.6. The number of para-hydroxylation sites is 2. The Bertz CT molecular complexity index is 1700. The van der Waals surface area contributed by atoms with Crippen LogP contribution in [0.4, 0.5) is 5.69 Å². The van der Waals surface area contributed by atoms with E-state index < -0.39 is 11.1 Å². The number of carbonyl (C=O) groups is 1. The van der Waals surface area contributed by atoms with Crippen LogP contribution in [-0.4, -0.2) is 54.3 Å². The molecule has 1 aliphatic rings. The molecule has 1 aliphatic heterocycles. The van der Waals surface area contributed by atoms with Gasteiger partial charge in [0.25, 0.3) is 0 Å². The lowest BCUT2D eigenvalue weighted by Gasteiger charge is -2.41. The first kappa shape index (κ1) is 28.6. The van der Waals surface area contributed by atoms with Crippen LogP contribution in [0.1, 0.15) is 50.7 Å². The molecule has 222 valence electrons. The van der Waals surface area contributed by atoms with Crippen LogP contribution in [0.5, 0.6) is 0 Å². The van der Waals surface area contributed by atoms with Gasteiger partial charge >= 0.3 is 5.97 Å². The van der Waals surface area contributed by atoms with E-state index in [2.05, 4.69) is 67.2 Å². The number of likely N-dealkylation sites (tertiary alicyclic amines) is 1. The van der Waals surface area contributed by atoms with Gasteiger partial charge in [-0.15, -0.1) is 0 Å². The van der Waals surface area contributed by atoms with E-state index in [9.17, 15) is 4.79 Å². The van der Waals surface area contributed by atoms with Crippen LogP contribution in [0.15, 0.2) is 79.1 Å². The standard InChI is InChI=1S/C34H39N7O2/c1-24-28(27-12-8-9-13-29(27)41(24)23-30(42)43-33(2,3)4)22-40-20-16-34(17-21-40,37-26-10-6-5-7-11-26)32-36-31(38-39-32)25-14-18-35-19-15-25/h5-15,18-19,37H,16-17,20-23H2,1-4H3,(H,36,38,39). The second-order valence-corrected chi connectivity index (χ2v) is 12.3. The highest BCUT2D eigenvalue weighted by Gasteiger charge is 2.39. The molecule has 4 heterocycles. The fourth-order valence-corrected chi connectivity index (χ4v) is 6.05. The molecule has 1 saturated heterocycles. The quantitative estimate of drug-likeness (QED) is 0.216. The average molecular weight is 578 g/mol. The van der Waals surface area contributed by atoms with Crippen LogP contribution in [0, 0.1) is 6.92 Å². The number of rotatable bonds is 8. The summed E-state index contributed by atoms with van der Waals surface area (Å²) in [5.74, 6) is 1.28. The molecule has 0 unspecified atom stereocenters. The zero-order valence-corrected chi connectivity index (χ0v) is 25.3. The van der Waals surface area contributed by atoms with Crippen LogP contribution in [0.2, 0.25) is 0 Å². The summed E-state index contributed by atoms with van der Waals surface area (Å²) >= 11 is 0. The van der Waals surface area contributed by atoms with Gasteiger partial charge in [0.15, 0.2) is 11.6 Å². The van der Waals surface area contributed by atoms with Gasteiger partial charge < -0.3 is 14.6 Å². The van der Waals surface area contributed by atoms with Crippen molar-refractivity contribution in [3.63, 3.8) is 0 Å². The summed E-state index contributed by atoms with van der Waals surface area (Å²) in [6.45, 7) is 10.6. The van der Waals surface area contributed by atoms with E-state index in [0.717, 1.165) is 60.8 Å². The lowest BCUT2D eigenvalue weighted by atomic mass is 9.86. The fourth-order valence-electron chi connectivity index (χ4n) is 6.05. The van der Waals surface area contributed by atoms with Gasteiger partial charge in [-0.25, -0.2) is 4.98 Å². The average Bonchev–Trinajstić information content (AvgIpc) is 3.59. The molecule has 3 aromatic heterocycles. The Morgan fingerprint density at radius 1 is 1.00 bits per heavy atom. The molecule has 2 N–H and O–H groups in total. The first-order valence-corrected chi connectivity index (χ1v) is 14.9. The van der Waals surface area contributed by atoms with Crippen molar-refractivity contribution in [3.8, 4) is 11.4 Å². The van der Waals surface area contributed by atoms with E-state index in [1.807, 2.05) is 57.2 Å². The maximum atomic E-state index is 12.8. The van der Waals surface area contributed by atoms with Crippen LogP contribution >= 0.6 is 0 Å². The minimum absolute atomic E-state index is 0.193. The SMILES string of the molecule is Cc1c(CN2CCC(Nc3ccccc3)(c3nc(-c4ccncc4)n[nH]3)CC2)c2ccccc2n1CC(=O)OC(C)(C)C. The summed E-state index contributed by atoms with van der Waals surface area (Å²) < 4.78 is 7.75. The van der Waals surface area contributed by atoms with Crippen LogP contribution < -0.4 is 5.32 Å². The highest BCUT2D eigenvalue weighted by Crippen LogP contribution is 2.37. The normalized spacial score (nSPS) is 15.4. The van der Waals surface area contributed by atoms with E-state index in [4.69, 9.17) is 9.72 Å². The molecule has 9 heteroatoms. The molecule has 43 heavy (non-hydrogen) atoms. The molecule has 0 bridgehead atoms. The van der Waals surface area contributed by atoms with Gasteiger partial charge in [0.05, 0.1) is 5.54 Å². The van der Waals surface area contributed by atoms with Crippen LogP contribution in [-0.2, 0) is 28.2 Å². The summed E-state index contributed by atoms with van der Waals surface area (Å²) in [6, 6.07) is 22.5. The lowest BCUT2D eigenvalue weighted by Crippen LogP contribution is -2.47. The number of hydrogen-bond donors (Lipinski definition) is 2. The molecule has 1 fully saturated rings. The summed E-state index contributed by atoms with van der Waals surface area (Å²) in [7, 11) is 0. The van der Waals surface area contributed by atoms with Gasteiger partial charge in [-0.05, 0) is 76.4 Å². The first-order chi connectivity index (χ1) is 20.7. The smallest absolute Gasteiger partial charge is 0.326 e. The third-order valence-corrected chi connectivity index (χ3v) is 8.19. The van der Waals surface area contributed by atoms with Crippen molar-refractivity contribution in [1.82, 2.24) is 29.6 Å². The predicted octanol–water partition coefficient (Wildman–Crippen LogP) is 6.07. The zero-order chi connectivity index (χ0) is 30.0. The van der Waals surface area contributed by atoms with Gasteiger partial charge in [-0.1, -0.05) is 36.4 Å². The first-order valence-electron chi connectivity index (χ1n) is 14.9. The van der Waals surface area contributed by atoms with Gasteiger partial charge in [0.2, 0.25) is 0 Å². The van der Waals surface area contributed by atoms with E-state index in [1.54, 1.807) is 12.4 Å². The Hall–Kier alpha value is -4.50. The van der Waals surface area contributed by atoms with E-state index in [-0.39, 0.29) is 12.5 Å². The van der Waals surface area contributed by atoms with Crippen LogP contribution in [0.25, 0.3) is 22.3 Å². The molecule has 6 rings (SSSR count). The van der Waals surface area contributed by atoms with Crippen molar-refractivity contribution >= 4 is 22.6 Å². The number of H-pyrrole nitrogens is 1. The summed E-state index contributed by atoms with van der Waals surface area (Å²) in [5.41, 5.74) is 4.49. The molecular weight excluding hydrogens is 538 g/mol. The molecule has 2 aromatic carbocycles. The van der Waals surface area contributed by atoms with Crippen molar-refractivity contribution in [3.05, 3.63) is 96.2 Å². The summed E-state index contributed by atoms with van der Waals surface area (Å²) in [6.07, 6.45) is 5.22. The molecule has 5 aromatic rings. The van der Waals surface area contributed by atoms with Gasteiger partial charge in [0.1, 0.15) is 12.1 Å². The monoisotopic (exact) mass is 577 g/mol. The Morgan fingerprint density at radius 2 is 1.70 bits per heavy atom. The molecule has 0 amide bonds. The number of aromatic amines is 1. The largest absolute Gasteiger partial charge is 0.459 e. The Morgan fingerprint density at radius 3 is 2.42 bits per heavy atom. The van der Waals surface area contributed by atoms with Gasteiger partial charge in [0, 0.05) is 59.9 Å². The number of benzene rings is 2. The number of fused-ring (bicyclic) bond motifs is 1. The van der Waals surface area contributed by atoms with E-state index in [0.29, 0.717) is 5.82 Å². The van der Waals surface area contributed by atoms with Crippen molar-refractivity contribution in [1.29, 1.82) is 0 Å². The number of carbonyl (C=O) groups excluding carboxylic acids is 1. The third-order valence-electron chi connectivity index (χ3n) is 8.19. The number of anilines is 1. The minimum atomic E-state index is -0.520. The highest BCUT2D eigenvalue weighted by atomic mass is 16.6. The number of pyridine rings is 1. The molecule has 0 spiro atoms. The number of esters is 1. The van der Waals surface area contributed by atoms with Gasteiger partial charge in [-0.3, -0.25) is 19.8 Å². The minimum Gasteiger partial charge on any atom is -0.459 e. The molecule has 0 atom stereocenters. The number of nitrogens with one attached hydrogen (secondary N) is 2. The topological polar surface area (TPSA) is 101 Å². The Balaban J connectivity index is 1.25. The number of hydrogen-bond acceptors (Lipinski definition) is 7. The van der Waals surface area contributed by atoms with Crippen molar-refractivity contribution in [2.24, 2.45) is 0 Å². The van der Waals surface area contributed by atoms with Crippen molar-refractivity contribution < 1.29 is 9.53 Å². The fraction of sp³-hybridized carbons (Fsp3) is 0.353. The maximum Gasteiger partial charge on any atom is 0.326 e. The van der Waals surface area contributed by atoms with Gasteiger partial charge in [-0.2, -0.15) is 5.10 Å². The summed E-state index contributed by atoms with van der Waals surface area (Å²) in [5, 5.41) is 12.8. The second-order valence-electron chi connectivity index (χ2n) is 12.3. The van der Waals surface area contributed by atoms with E-state index >= 15 is 0 Å². The number of nitrogens with zero attached hydrogens (tertiary/aromatic N) is 5.